The van der Waals surface area contributed by atoms with Crippen molar-refractivity contribution in [3.05, 3.63) is 23.8 Å². The van der Waals surface area contributed by atoms with E-state index < -0.39 is 7.26 Å². The third kappa shape index (κ3) is 2.07. The Morgan fingerprint density at radius 3 is 2.75 bits per heavy atom. The third-order valence-corrected chi connectivity index (χ3v) is 9.08. The van der Waals surface area contributed by atoms with E-state index in [0.29, 0.717) is 23.3 Å². The number of ether oxygens (including phenoxy) is 1. The summed E-state index contributed by atoms with van der Waals surface area (Å²) in [5.74, 6) is 0.676. The molecule has 1 amide bonds. The molecule has 2 heterocycles. The fourth-order valence-electron chi connectivity index (χ4n) is 3.31. The number of carbonyl (C=O) groups is 1. The molecule has 0 aliphatic carbocycles. The van der Waals surface area contributed by atoms with Crippen molar-refractivity contribution in [2.24, 2.45) is 0 Å². The SMILES string of the molecule is CN1C(=O)[PH]2(CCCCC2)COc2cc(C#N)ccc21. The van der Waals surface area contributed by atoms with E-state index in [9.17, 15) is 4.79 Å². The fourth-order valence-corrected chi connectivity index (χ4v) is 7.51. The van der Waals surface area contributed by atoms with Gasteiger partial charge in [-0.25, -0.2) is 0 Å². The van der Waals surface area contributed by atoms with Crippen molar-refractivity contribution in [3.8, 4) is 11.8 Å². The van der Waals surface area contributed by atoms with Crippen LogP contribution in [-0.2, 0) is 0 Å². The van der Waals surface area contributed by atoms with Crippen molar-refractivity contribution in [3.63, 3.8) is 0 Å². The summed E-state index contributed by atoms with van der Waals surface area (Å²) in [5.41, 5.74) is 1.66. The number of amides is 1. The molecule has 1 spiro atoms. The molecule has 0 atom stereocenters. The van der Waals surface area contributed by atoms with Gasteiger partial charge in [-0.15, -0.1) is 0 Å². The number of benzene rings is 1. The Hall–Kier alpha value is -1.59. The van der Waals surface area contributed by atoms with Crippen LogP contribution in [0.15, 0.2) is 18.2 Å². The topological polar surface area (TPSA) is 53.3 Å². The first-order valence-electron chi connectivity index (χ1n) is 7.11. The van der Waals surface area contributed by atoms with Crippen LogP contribution in [0.1, 0.15) is 24.8 Å². The minimum atomic E-state index is -2.03. The Morgan fingerprint density at radius 1 is 1.30 bits per heavy atom. The van der Waals surface area contributed by atoms with Crippen LogP contribution in [0.3, 0.4) is 0 Å². The van der Waals surface area contributed by atoms with Crippen molar-refractivity contribution in [2.75, 3.05) is 30.6 Å². The molecular weight excluding hydrogens is 271 g/mol. The molecular formula is C15H19N2O2P. The second kappa shape index (κ2) is 5.07. The zero-order valence-corrected chi connectivity index (χ0v) is 12.7. The number of hydrogen-bond donors (Lipinski definition) is 0. The van der Waals surface area contributed by atoms with Crippen LogP contribution in [0.5, 0.6) is 5.75 Å². The van der Waals surface area contributed by atoms with Gasteiger partial charge in [0.15, 0.2) is 0 Å². The van der Waals surface area contributed by atoms with Gasteiger partial charge in [0.1, 0.15) is 0 Å². The van der Waals surface area contributed by atoms with Crippen LogP contribution in [0.25, 0.3) is 0 Å². The predicted molar refractivity (Wildman–Crippen MR) is 82.4 cm³/mol. The summed E-state index contributed by atoms with van der Waals surface area (Å²) < 4.78 is 5.97. The summed E-state index contributed by atoms with van der Waals surface area (Å²) in [6, 6.07) is 7.43. The number of hydrogen-bond acceptors (Lipinski definition) is 3. The zero-order chi connectivity index (χ0) is 14.2. The number of nitriles is 1. The van der Waals surface area contributed by atoms with Crippen LogP contribution in [0.4, 0.5) is 10.5 Å². The summed E-state index contributed by atoms with van der Waals surface area (Å²) >= 11 is 0. The Kier molecular flexibility index (Phi) is 3.40. The molecule has 1 saturated heterocycles. The molecule has 1 aromatic rings. The molecule has 0 bridgehead atoms. The minimum absolute atomic E-state index is 0.292. The van der Waals surface area contributed by atoms with Gasteiger partial charge in [-0.1, -0.05) is 0 Å². The maximum absolute atomic E-state index is 12.9. The molecule has 20 heavy (non-hydrogen) atoms. The molecule has 0 saturated carbocycles. The molecule has 2 aliphatic rings. The van der Waals surface area contributed by atoms with Crippen LogP contribution in [-0.4, -0.2) is 31.4 Å². The van der Waals surface area contributed by atoms with E-state index in [1.165, 1.54) is 6.42 Å². The molecule has 0 unspecified atom stereocenters. The summed E-state index contributed by atoms with van der Waals surface area (Å²) in [7, 11) is -0.192. The van der Waals surface area contributed by atoms with Gasteiger partial charge >= 0.3 is 119 Å². The van der Waals surface area contributed by atoms with Gasteiger partial charge in [-0.05, 0) is 0 Å². The average molecular weight is 290 g/mol. The van der Waals surface area contributed by atoms with Crippen LogP contribution in [0.2, 0.25) is 0 Å². The molecule has 0 aromatic heterocycles. The first kappa shape index (κ1) is 13.4. The number of fused-ring (bicyclic) bond motifs is 1. The standard InChI is InChI=1S/C15H19N2O2P/c1-17-13-6-5-12(10-16)9-14(13)19-11-20(15(17)18)7-3-2-4-8-20/h5-6,9,20H,2-4,7-8,11H2,1H3. The van der Waals surface area contributed by atoms with Gasteiger partial charge in [0.25, 0.3) is 0 Å². The zero-order valence-electron chi connectivity index (χ0n) is 11.7. The van der Waals surface area contributed by atoms with Gasteiger partial charge in [-0.3, -0.25) is 0 Å². The third-order valence-electron chi connectivity index (χ3n) is 4.52. The molecule has 5 heteroatoms. The van der Waals surface area contributed by atoms with Crippen molar-refractivity contribution < 1.29 is 9.53 Å². The second-order valence-corrected chi connectivity index (χ2v) is 10.1. The molecule has 1 fully saturated rings. The van der Waals surface area contributed by atoms with Crippen molar-refractivity contribution in [1.29, 1.82) is 5.26 Å². The van der Waals surface area contributed by atoms with Crippen LogP contribution >= 0.6 is 7.26 Å². The molecule has 0 radical (unpaired) electrons. The van der Waals surface area contributed by atoms with Crippen molar-refractivity contribution in [2.45, 2.75) is 19.3 Å². The van der Waals surface area contributed by atoms with E-state index in [4.69, 9.17) is 10.00 Å². The van der Waals surface area contributed by atoms with E-state index in [1.54, 1.807) is 17.0 Å². The van der Waals surface area contributed by atoms with Gasteiger partial charge < -0.3 is 0 Å². The maximum atomic E-state index is 12.9. The summed E-state index contributed by atoms with van der Waals surface area (Å²) in [5, 5.41) is 8.99. The Balaban J connectivity index is 2.00. The second-order valence-electron chi connectivity index (χ2n) is 5.79. The molecule has 4 nitrogen and oxygen atoms in total. The first-order chi connectivity index (χ1) is 9.66. The van der Waals surface area contributed by atoms with E-state index in [2.05, 4.69) is 6.07 Å². The quantitative estimate of drug-likeness (QED) is 0.688. The monoisotopic (exact) mass is 290 g/mol. The Bertz CT molecular complexity index is 588. The number of rotatable bonds is 0. The van der Waals surface area contributed by atoms with E-state index in [-0.39, 0.29) is 0 Å². The Labute approximate surface area is 119 Å². The molecule has 3 rings (SSSR count). The molecule has 1 aromatic carbocycles. The van der Waals surface area contributed by atoms with Crippen LogP contribution < -0.4 is 9.64 Å². The van der Waals surface area contributed by atoms with E-state index >= 15 is 0 Å². The number of anilines is 1. The number of carbonyl (C=O) groups excluding carboxylic acids is 1. The van der Waals surface area contributed by atoms with Crippen molar-refractivity contribution >= 4 is 18.6 Å². The van der Waals surface area contributed by atoms with E-state index in [0.717, 1.165) is 30.9 Å². The summed E-state index contributed by atoms with van der Waals surface area (Å²) in [6.07, 6.45) is 6.17. The summed E-state index contributed by atoms with van der Waals surface area (Å²) in [4.78, 5) is 14.6. The van der Waals surface area contributed by atoms with Gasteiger partial charge in [-0.2, -0.15) is 0 Å². The van der Waals surface area contributed by atoms with Gasteiger partial charge in [0.05, 0.1) is 0 Å². The van der Waals surface area contributed by atoms with Gasteiger partial charge in [0, 0.05) is 0 Å². The first-order valence-corrected chi connectivity index (χ1v) is 9.73. The predicted octanol–water partition coefficient (Wildman–Crippen LogP) is 3.40. The van der Waals surface area contributed by atoms with Gasteiger partial charge in [0.2, 0.25) is 0 Å². The van der Waals surface area contributed by atoms with Crippen molar-refractivity contribution in [1.82, 2.24) is 0 Å². The normalized spacial score (nSPS) is 22.4. The molecule has 2 aliphatic heterocycles. The molecule has 106 valence electrons. The van der Waals surface area contributed by atoms with Crippen LogP contribution in [0, 0.1) is 11.3 Å². The Morgan fingerprint density at radius 2 is 2.05 bits per heavy atom. The molecule has 0 N–H and O–H groups in total. The summed E-state index contributed by atoms with van der Waals surface area (Å²) in [6.45, 7) is 0. The van der Waals surface area contributed by atoms with E-state index in [1.807, 2.05) is 13.1 Å². The average Bonchev–Trinajstić information content (AvgIpc) is 2.60. The number of nitrogens with zero attached hydrogens (tertiary/aromatic N) is 2. The fraction of sp³-hybridized carbons (Fsp3) is 0.467.